The van der Waals surface area contributed by atoms with E-state index in [1.807, 2.05) is 42.5 Å². The number of hydrogen-bond acceptors (Lipinski definition) is 6. The summed E-state index contributed by atoms with van der Waals surface area (Å²) in [5, 5.41) is 6.09. The molecule has 0 heterocycles. The highest BCUT2D eigenvalue weighted by Crippen LogP contribution is 2.28. The summed E-state index contributed by atoms with van der Waals surface area (Å²) in [6, 6.07) is 35.4. The van der Waals surface area contributed by atoms with Crippen molar-refractivity contribution in [3.05, 3.63) is 137 Å². The molecule has 198 valence electrons. The van der Waals surface area contributed by atoms with Gasteiger partial charge in [0.25, 0.3) is 0 Å². The Morgan fingerprint density at radius 3 is 2.00 bits per heavy atom. The molecule has 0 spiro atoms. The first-order valence-corrected chi connectivity index (χ1v) is 12.7. The normalized spacial score (nSPS) is 10.9. The number of fused-ring (bicyclic) bond motifs is 1. The van der Waals surface area contributed by atoms with Gasteiger partial charge in [-0.3, -0.25) is 4.79 Å². The summed E-state index contributed by atoms with van der Waals surface area (Å²) in [4.78, 5) is 26.0. The Morgan fingerprint density at radius 1 is 0.725 bits per heavy atom. The van der Waals surface area contributed by atoms with E-state index in [9.17, 15) is 9.59 Å². The summed E-state index contributed by atoms with van der Waals surface area (Å²) < 4.78 is 17.3. The van der Waals surface area contributed by atoms with E-state index in [1.54, 1.807) is 78.9 Å². The fourth-order valence-electron chi connectivity index (χ4n) is 3.87. The average Bonchev–Trinajstić information content (AvgIpc) is 2.99. The van der Waals surface area contributed by atoms with Gasteiger partial charge < -0.3 is 14.2 Å². The number of amides is 1. The van der Waals surface area contributed by atoms with Crippen molar-refractivity contribution in [3.8, 4) is 17.2 Å². The van der Waals surface area contributed by atoms with Crippen LogP contribution in [-0.4, -0.2) is 24.4 Å². The monoisotopic (exact) mass is 550 g/mol. The predicted molar refractivity (Wildman–Crippen MR) is 154 cm³/mol. The summed E-state index contributed by atoms with van der Waals surface area (Å²) in [5.74, 6) is -0.110. The van der Waals surface area contributed by atoms with Crippen LogP contribution in [0, 0.1) is 0 Å². The van der Waals surface area contributed by atoms with Crippen molar-refractivity contribution in [3.63, 3.8) is 0 Å². The third-order valence-corrected chi connectivity index (χ3v) is 6.11. The lowest BCUT2D eigenvalue weighted by atomic mass is 10.0. The van der Waals surface area contributed by atoms with Crippen LogP contribution in [0.3, 0.4) is 0 Å². The standard InChI is InChI=1S/C32H23ClN2O5/c33-28-18-10-9-17-26(28)31(37)40-29-20-19-22-11-7-8-16-25(22)27(29)21-34-35-30(36)32(38-23-12-3-1-4-13-23)39-24-14-5-2-6-15-24/h1-21,32H,(H,35,36)/b34-21-. The number of hydrogen-bond donors (Lipinski definition) is 1. The lowest BCUT2D eigenvalue weighted by Gasteiger charge is -2.18. The third-order valence-electron chi connectivity index (χ3n) is 5.78. The quantitative estimate of drug-likeness (QED) is 0.0730. The van der Waals surface area contributed by atoms with Crippen LogP contribution < -0.4 is 19.6 Å². The van der Waals surface area contributed by atoms with Crippen LogP contribution >= 0.6 is 11.6 Å². The Kier molecular flexibility index (Phi) is 8.34. The van der Waals surface area contributed by atoms with E-state index < -0.39 is 18.2 Å². The fourth-order valence-corrected chi connectivity index (χ4v) is 4.08. The Balaban J connectivity index is 1.40. The van der Waals surface area contributed by atoms with Gasteiger partial charge in [-0.25, -0.2) is 10.2 Å². The molecule has 0 aliphatic rings. The van der Waals surface area contributed by atoms with Crippen molar-refractivity contribution in [2.24, 2.45) is 5.10 Å². The second-order valence-electron chi connectivity index (χ2n) is 8.50. The van der Waals surface area contributed by atoms with Crippen LogP contribution in [0.4, 0.5) is 0 Å². The van der Waals surface area contributed by atoms with Gasteiger partial charge in [-0.15, -0.1) is 0 Å². The first kappa shape index (κ1) is 26.5. The van der Waals surface area contributed by atoms with Gasteiger partial charge in [0.2, 0.25) is 0 Å². The van der Waals surface area contributed by atoms with E-state index in [4.69, 9.17) is 25.8 Å². The molecule has 0 unspecified atom stereocenters. The van der Waals surface area contributed by atoms with E-state index in [2.05, 4.69) is 10.5 Å². The zero-order valence-corrected chi connectivity index (χ0v) is 21.8. The molecule has 5 aromatic rings. The number of esters is 1. The molecular formula is C32H23ClN2O5. The average molecular weight is 551 g/mol. The zero-order valence-electron chi connectivity index (χ0n) is 21.1. The van der Waals surface area contributed by atoms with Gasteiger partial charge in [0.05, 0.1) is 16.8 Å². The van der Waals surface area contributed by atoms with Crippen molar-refractivity contribution < 1.29 is 23.8 Å². The number of carbonyl (C=O) groups is 2. The minimum absolute atomic E-state index is 0.229. The highest BCUT2D eigenvalue weighted by Gasteiger charge is 2.23. The first-order valence-electron chi connectivity index (χ1n) is 12.3. The molecule has 0 aromatic heterocycles. The molecular weight excluding hydrogens is 528 g/mol. The van der Waals surface area contributed by atoms with Crippen molar-refractivity contribution >= 4 is 40.5 Å². The summed E-state index contributed by atoms with van der Waals surface area (Å²) in [5.41, 5.74) is 3.20. The summed E-state index contributed by atoms with van der Waals surface area (Å²) in [7, 11) is 0. The Hall–Kier alpha value is -5.14. The SMILES string of the molecule is O=C(Oc1ccc2ccccc2c1/C=N\NC(=O)C(Oc1ccccc1)Oc1ccccc1)c1ccccc1Cl. The Bertz CT molecular complexity index is 1620. The van der Waals surface area contributed by atoms with E-state index in [1.165, 1.54) is 6.21 Å². The van der Waals surface area contributed by atoms with Gasteiger partial charge in [-0.2, -0.15) is 5.10 Å². The number of nitrogens with one attached hydrogen (secondary N) is 1. The molecule has 0 atom stereocenters. The molecule has 0 radical (unpaired) electrons. The molecule has 0 fully saturated rings. The van der Waals surface area contributed by atoms with Gasteiger partial charge in [0, 0.05) is 5.56 Å². The fraction of sp³-hybridized carbons (Fsp3) is 0.0312. The molecule has 5 aromatic carbocycles. The lowest BCUT2D eigenvalue weighted by Crippen LogP contribution is -2.40. The second-order valence-corrected chi connectivity index (χ2v) is 8.90. The summed E-state index contributed by atoms with van der Waals surface area (Å²) in [6.45, 7) is 0. The van der Waals surface area contributed by atoms with Crippen LogP contribution in [0.15, 0.2) is 126 Å². The van der Waals surface area contributed by atoms with Gasteiger partial charge in [-0.05, 0) is 53.2 Å². The first-order chi connectivity index (χ1) is 19.6. The van der Waals surface area contributed by atoms with Crippen molar-refractivity contribution in [1.29, 1.82) is 0 Å². The number of hydrazone groups is 1. The number of rotatable bonds is 9. The molecule has 0 saturated heterocycles. The molecule has 0 bridgehead atoms. The minimum Gasteiger partial charge on any atom is -0.446 e. The molecule has 5 rings (SSSR count). The van der Waals surface area contributed by atoms with Gasteiger partial charge in [0.1, 0.15) is 17.2 Å². The van der Waals surface area contributed by atoms with Gasteiger partial charge >= 0.3 is 18.2 Å². The van der Waals surface area contributed by atoms with E-state index in [0.29, 0.717) is 17.1 Å². The smallest absolute Gasteiger partial charge is 0.345 e. The number of nitrogens with zero attached hydrogens (tertiary/aromatic N) is 1. The molecule has 40 heavy (non-hydrogen) atoms. The van der Waals surface area contributed by atoms with E-state index >= 15 is 0 Å². The number of ether oxygens (including phenoxy) is 3. The molecule has 8 heteroatoms. The largest absolute Gasteiger partial charge is 0.446 e. The van der Waals surface area contributed by atoms with Crippen LogP contribution in [0.2, 0.25) is 5.02 Å². The molecule has 1 N–H and O–H groups in total. The second kappa shape index (κ2) is 12.6. The number of halogens is 1. The van der Waals surface area contributed by atoms with Crippen LogP contribution in [0.5, 0.6) is 17.2 Å². The van der Waals surface area contributed by atoms with E-state index in [0.717, 1.165) is 10.8 Å². The predicted octanol–water partition coefficient (Wildman–Crippen LogP) is 6.65. The van der Waals surface area contributed by atoms with Crippen LogP contribution in [-0.2, 0) is 4.79 Å². The molecule has 0 aliphatic heterocycles. The highest BCUT2D eigenvalue weighted by molar-refractivity contribution is 6.33. The maximum atomic E-state index is 13.1. The van der Waals surface area contributed by atoms with E-state index in [-0.39, 0.29) is 16.3 Å². The third kappa shape index (κ3) is 6.46. The number of benzene rings is 5. The molecule has 0 saturated carbocycles. The Labute approximate surface area is 235 Å². The topological polar surface area (TPSA) is 86.2 Å². The van der Waals surface area contributed by atoms with Gasteiger partial charge in [0.15, 0.2) is 0 Å². The van der Waals surface area contributed by atoms with Crippen LogP contribution in [0.1, 0.15) is 15.9 Å². The maximum Gasteiger partial charge on any atom is 0.345 e. The molecule has 0 aliphatic carbocycles. The summed E-state index contributed by atoms with van der Waals surface area (Å²) >= 11 is 6.19. The number of para-hydroxylation sites is 2. The Morgan fingerprint density at radius 2 is 1.32 bits per heavy atom. The number of carbonyl (C=O) groups excluding carboxylic acids is 2. The zero-order chi connectivity index (χ0) is 27.7. The molecule has 1 amide bonds. The highest BCUT2D eigenvalue weighted by atomic mass is 35.5. The van der Waals surface area contributed by atoms with Crippen molar-refractivity contribution in [2.45, 2.75) is 6.29 Å². The van der Waals surface area contributed by atoms with Gasteiger partial charge in [-0.1, -0.05) is 90.5 Å². The molecule has 7 nitrogen and oxygen atoms in total. The summed E-state index contributed by atoms with van der Waals surface area (Å²) in [6.07, 6.45) is 0.0874. The maximum absolute atomic E-state index is 13.1. The minimum atomic E-state index is -1.33. The van der Waals surface area contributed by atoms with Crippen molar-refractivity contribution in [2.75, 3.05) is 0 Å². The lowest BCUT2D eigenvalue weighted by molar-refractivity contribution is -0.140. The van der Waals surface area contributed by atoms with Crippen LogP contribution in [0.25, 0.3) is 10.8 Å². The van der Waals surface area contributed by atoms with Crippen molar-refractivity contribution in [1.82, 2.24) is 5.43 Å².